The molecule has 2 N–H and O–H groups in total. The van der Waals surface area contributed by atoms with Crippen molar-refractivity contribution in [2.75, 3.05) is 12.4 Å². The van der Waals surface area contributed by atoms with Crippen LogP contribution >= 0.6 is 11.3 Å². The minimum absolute atomic E-state index is 0.0643. The molecule has 7 heteroatoms. The maximum atomic E-state index is 12.1. The van der Waals surface area contributed by atoms with Crippen LogP contribution in [0.1, 0.15) is 11.3 Å². The summed E-state index contributed by atoms with van der Waals surface area (Å²) >= 11 is 1.45. The molecule has 0 saturated carbocycles. The molecule has 3 rings (SSSR count). The fraction of sp³-hybridized carbons (Fsp3) is 0.167. The second-order valence-electron chi connectivity index (χ2n) is 5.29. The van der Waals surface area contributed by atoms with E-state index in [1.54, 1.807) is 13.3 Å². The Morgan fingerprint density at radius 2 is 2.04 bits per heavy atom. The zero-order chi connectivity index (χ0) is 17.5. The van der Waals surface area contributed by atoms with Crippen molar-refractivity contribution >= 4 is 28.2 Å². The number of carbonyl (C=O) groups excluding carboxylic acids is 1. The molecule has 6 nitrogen and oxygen atoms in total. The Morgan fingerprint density at radius 1 is 1.20 bits per heavy atom. The summed E-state index contributed by atoms with van der Waals surface area (Å²) in [5, 5.41) is 8.61. The van der Waals surface area contributed by atoms with Crippen LogP contribution in [0.2, 0.25) is 0 Å². The minimum atomic E-state index is -0.0643. The summed E-state index contributed by atoms with van der Waals surface area (Å²) in [7, 11) is 1.63. The molecule has 2 heterocycles. The van der Waals surface area contributed by atoms with Gasteiger partial charge in [-0.3, -0.25) is 4.79 Å². The number of benzene rings is 1. The van der Waals surface area contributed by atoms with Crippen LogP contribution in [0.15, 0.2) is 54.0 Å². The lowest BCUT2D eigenvalue weighted by molar-refractivity contribution is -0.120. The highest BCUT2D eigenvalue weighted by Crippen LogP contribution is 2.19. The van der Waals surface area contributed by atoms with Gasteiger partial charge < -0.3 is 15.4 Å². The number of nitrogens with zero attached hydrogens (tertiary/aromatic N) is 2. The normalized spacial score (nSPS) is 10.3. The smallest absolute Gasteiger partial charge is 0.226 e. The minimum Gasteiger partial charge on any atom is -0.497 e. The average molecular weight is 354 g/mol. The maximum absolute atomic E-state index is 12.1. The number of hydrogen-bond acceptors (Lipinski definition) is 6. The van der Waals surface area contributed by atoms with Crippen molar-refractivity contribution < 1.29 is 9.53 Å². The first kappa shape index (κ1) is 16.9. The SMILES string of the molecule is COc1ccc(CNC(=O)Cc2csc(Nc3ccccn3)n2)cc1. The number of pyridine rings is 1. The van der Waals surface area contributed by atoms with Gasteiger partial charge in [0.05, 0.1) is 19.2 Å². The van der Waals surface area contributed by atoms with E-state index in [-0.39, 0.29) is 12.3 Å². The number of thiazole rings is 1. The van der Waals surface area contributed by atoms with Crippen LogP contribution in [0.25, 0.3) is 0 Å². The van der Waals surface area contributed by atoms with Crippen LogP contribution in [0.3, 0.4) is 0 Å². The molecule has 1 aromatic carbocycles. The topological polar surface area (TPSA) is 76.1 Å². The number of aromatic nitrogens is 2. The van der Waals surface area contributed by atoms with E-state index in [0.29, 0.717) is 6.54 Å². The van der Waals surface area contributed by atoms with Gasteiger partial charge in [-0.1, -0.05) is 18.2 Å². The largest absolute Gasteiger partial charge is 0.497 e. The summed E-state index contributed by atoms with van der Waals surface area (Å²) in [6.07, 6.45) is 1.96. The number of nitrogens with one attached hydrogen (secondary N) is 2. The van der Waals surface area contributed by atoms with E-state index in [2.05, 4.69) is 20.6 Å². The molecule has 128 valence electrons. The molecule has 0 spiro atoms. The number of hydrogen-bond donors (Lipinski definition) is 2. The second kappa shape index (κ2) is 8.25. The first-order valence-corrected chi connectivity index (χ1v) is 8.63. The van der Waals surface area contributed by atoms with Gasteiger partial charge in [0, 0.05) is 18.1 Å². The monoisotopic (exact) mass is 354 g/mol. The summed E-state index contributed by atoms with van der Waals surface area (Å²) in [5.41, 5.74) is 1.75. The molecule has 0 aliphatic carbocycles. The predicted octanol–water partition coefficient (Wildman–Crippen LogP) is 3.15. The van der Waals surface area contributed by atoms with Crippen molar-refractivity contribution in [2.45, 2.75) is 13.0 Å². The van der Waals surface area contributed by atoms with Gasteiger partial charge in [-0.15, -0.1) is 11.3 Å². The summed E-state index contributed by atoms with van der Waals surface area (Å²) in [5.74, 6) is 1.46. The average Bonchev–Trinajstić information content (AvgIpc) is 3.08. The van der Waals surface area contributed by atoms with Gasteiger partial charge in [0.1, 0.15) is 11.6 Å². The Bertz CT molecular complexity index is 819. The van der Waals surface area contributed by atoms with Crippen LogP contribution in [-0.4, -0.2) is 23.0 Å². The molecule has 1 amide bonds. The standard InChI is InChI=1S/C18H18N4O2S/c1-24-15-7-5-13(6-8-15)11-20-17(23)10-14-12-25-18(21-14)22-16-4-2-3-9-19-16/h2-9,12H,10-11H2,1H3,(H,20,23)(H,19,21,22). The zero-order valence-electron chi connectivity index (χ0n) is 13.7. The van der Waals surface area contributed by atoms with Crippen LogP contribution in [0, 0.1) is 0 Å². The van der Waals surface area contributed by atoms with E-state index in [4.69, 9.17) is 4.74 Å². The number of methoxy groups -OCH3 is 1. The van der Waals surface area contributed by atoms with Gasteiger partial charge in [-0.25, -0.2) is 9.97 Å². The van der Waals surface area contributed by atoms with Crippen LogP contribution in [0.4, 0.5) is 10.9 Å². The molecule has 0 fully saturated rings. The number of anilines is 2. The fourth-order valence-corrected chi connectivity index (χ4v) is 2.88. The molecule has 25 heavy (non-hydrogen) atoms. The second-order valence-corrected chi connectivity index (χ2v) is 6.14. The summed E-state index contributed by atoms with van der Waals surface area (Å²) < 4.78 is 5.11. The summed E-state index contributed by atoms with van der Waals surface area (Å²) in [6.45, 7) is 0.478. The van der Waals surface area contributed by atoms with Gasteiger partial charge in [0.15, 0.2) is 5.13 Å². The van der Waals surface area contributed by atoms with E-state index >= 15 is 0 Å². The zero-order valence-corrected chi connectivity index (χ0v) is 14.5. The fourth-order valence-electron chi connectivity index (χ4n) is 2.16. The van der Waals surface area contributed by atoms with E-state index in [0.717, 1.165) is 28.0 Å². The highest BCUT2D eigenvalue weighted by molar-refractivity contribution is 7.13. The Balaban J connectivity index is 1.49. The lowest BCUT2D eigenvalue weighted by atomic mass is 10.2. The van der Waals surface area contributed by atoms with Crippen molar-refractivity contribution in [3.8, 4) is 5.75 Å². The Hall–Kier alpha value is -2.93. The highest BCUT2D eigenvalue weighted by atomic mass is 32.1. The molecule has 0 saturated heterocycles. The number of amides is 1. The molecular formula is C18H18N4O2S. The lowest BCUT2D eigenvalue weighted by Crippen LogP contribution is -2.24. The lowest BCUT2D eigenvalue weighted by Gasteiger charge is -2.05. The molecule has 0 aliphatic heterocycles. The van der Waals surface area contributed by atoms with E-state index < -0.39 is 0 Å². The van der Waals surface area contributed by atoms with Crippen molar-refractivity contribution in [3.63, 3.8) is 0 Å². The van der Waals surface area contributed by atoms with Gasteiger partial charge >= 0.3 is 0 Å². The van der Waals surface area contributed by atoms with Crippen molar-refractivity contribution in [1.29, 1.82) is 0 Å². The maximum Gasteiger partial charge on any atom is 0.226 e. The molecule has 2 aromatic heterocycles. The van der Waals surface area contributed by atoms with Crippen LogP contribution in [-0.2, 0) is 17.8 Å². The number of ether oxygens (including phenoxy) is 1. The van der Waals surface area contributed by atoms with Gasteiger partial charge in [0.25, 0.3) is 0 Å². The quantitative estimate of drug-likeness (QED) is 0.682. The van der Waals surface area contributed by atoms with Crippen molar-refractivity contribution in [3.05, 3.63) is 65.3 Å². The van der Waals surface area contributed by atoms with Crippen molar-refractivity contribution in [2.24, 2.45) is 0 Å². The molecule has 0 aliphatic rings. The van der Waals surface area contributed by atoms with Gasteiger partial charge in [-0.2, -0.15) is 0 Å². The first-order valence-electron chi connectivity index (χ1n) is 7.75. The summed E-state index contributed by atoms with van der Waals surface area (Å²) in [6, 6.07) is 13.2. The summed E-state index contributed by atoms with van der Waals surface area (Å²) in [4.78, 5) is 20.7. The molecule has 0 radical (unpaired) electrons. The van der Waals surface area contributed by atoms with Crippen LogP contribution in [0.5, 0.6) is 5.75 Å². The third kappa shape index (κ3) is 5.02. The van der Waals surface area contributed by atoms with Gasteiger partial charge in [-0.05, 0) is 29.8 Å². The molecule has 0 unspecified atom stereocenters. The number of rotatable bonds is 7. The van der Waals surface area contributed by atoms with Crippen molar-refractivity contribution in [1.82, 2.24) is 15.3 Å². The van der Waals surface area contributed by atoms with Crippen LogP contribution < -0.4 is 15.4 Å². The Labute approximate surface area is 149 Å². The highest BCUT2D eigenvalue weighted by Gasteiger charge is 2.08. The molecular weight excluding hydrogens is 336 g/mol. The van der Waals surface area contributed by atoms with E-state index in [9.17, 15) is 4.79 Å². The van der Waals surface area contributed by atoms with E-state index in [1.807, 2.05) is 47.8 Å². The third-order valence-electron chi connectivity index (χ3n) is 3.44. The Kier molecular flexibility index (Phi) is 5.58. The first-order chi connectivity index (χ1) is 12.2. The Morgan fingerprint density at radius 3 is 2.76 bits per heavy atom. The third-order valence-corrected chi connectivity index (χ3v) is 4.25. The molecule has 0 atom stereocenters. The van der Waals surface area contributed by atoms with Gasteiger partial charge in [0.2, 0.25) is 5.91 Å². The molecule has 3 aromatic rings. The van der Waals surface area contributed by atoms with E-state index in [1.165, 1.54) is 11.3 Å². The molecule has 0 bridgehead atoms. The predicted molar refractivity (Wildman–Crippen MR) is 98.2 cm³/mol. The number of carbonyl (C=O) groups is 1.